The van der Waals surface area contributed by atoms with Crippen molar-refractivity contribution in [2.45, 2.75) is 11.8 Å². The minimum Gasteiger partial charge on any atom is -0.271 e. The molecule has 138 valence electrons. The molecule has 1 heterocycles. The summed E-state index contributed by atoms with van der Waals surface area (Å²) in [5.74, 6) is 0. The molecule has 2 aromatic carbocycles. The molecule has 0 saturated carbocycles. The van der Waals surface area contributed by atoms with Crippen LogP contribution in [0.2, 0.25) is 0 Å². The van der Waals surface area contributed by atoms with E-state index in [0.717, 1.165) is 11.6 Å². The van der Waals surface area contributed by atoms with E-state index in [2.05, 4.69) is 9.71 Å². The van der Waals surface area contributed by atoms with Gasteiger partial charge in [0.2, 0.25) is 0 Å². The zero-order valence-corrected chi connectivity index (χ0v) is 14.6. The van der Waals surface area contributed by atoms with Gasteiger partial charge in [-0.15, -0.1) is 0 Å². The number of nitro benzene ring substituents is 2. The summed E-state index contributed by atoms with van der Waals surface area (Å²) in [5.41, 5.74) is -1.08. The molecule has 27 heavy (non-hydrogen) atoms. The van der Waals surface area contributed by atoms with Crippen molar-refractivity contribution in [1.82, 2.24) is 4.98 Å². The van der Waals surface area contributed by atoms with Crippen LogP contribution in [0.5, 0.6) is 0 Å². The zero-order valence-electron chi connectivity index (χ0n) is 13.8. The van der Waals surface area contributed by atoms with Gasteiger partial charge in [0.15, 0.2) is 5.69 Å². The van der Waals surface area contributed by atoms with Gasteiger partial charge in [-0.3, -0.25) is 29.9 Å². The third kappa shape index (κ3) is 3.40. The lowest BCUT2D eigenvalue weighted by Crippen LogP contribution is -2.15. The number of rotatable bonds is 5. The Morgan fingerprint density at radius 1 is 1.00 bits per heavy atom. The first-order valence-electron chi connectivity index (χ1n) is 7.50. The number of hydrogen-bond acceptors (Lipinski definition) is 7. The van der Waals surface area contributed by atoms with E-state index in [1.165, 1.54) is 30.5 Å². The third-order valence-corrected chi connectivity index (χ3v) is 5.18. The lowest BCUT2D eigenvalue weighted by molar-refractivity contribution is -0.392. The average Bonchev–Trinajstić information content (AvgIpc) is 2.61. The van der Waals surface area contributed by atoms with E-state index in [1.807, 2.05) is 0 Å². The lowest BCUT2D eigenvalue weighted by Gasteiger charge is -2.11. The van der Waals surface area contributed by atoms with Crippen molar-refractivity contribution in [3.63, 3.8) is 0 Å². The monoisotopic (exact) mass is 388 g/mol. The number of pyridine rings is 1. The molecule has 1 aromatic heterocycles. The molecular formula is C16H12N4O6S. The largest absolute Gasteiger partial charge is 0.302 e. The van der Waals surface area contributed by atoms with Crippen molar-refractivity contribution in [3.05, 3.63) is 74.5 Å². The number of nitrogens with one attached hydrogen (secondary N) is 1. The minimum absolute atomic E-state index is 0.0188. The van der Waals surface area contributed by atoms with Crippen LogP contribution in [-0.2, 0) is 10.0 Å². The lowest BCUT2D eigenvalue weighted by atomic mass is 10.1. The number of nitrogens with zero attached hydrogens (tertiary/aromatic N) is 3. The molecule has 0 aliphatic rings. The molecule has 0 fully saturated rings. The molecule has 0 amide bonds. The number of hydrogen-bond donors (Lipinski definition) is 1. The Bertz CT molecular complexity index is 1180. The molecule has 11 heteroatoms. The maximum atomic E-state index is 12.7. The molecule has 3 rings (SSSR count). The molecule has 0 radical (unpaired) electrons. The van der Waals surface area contributed by atoms with Gasteiger partial charge in [-0.05, 0) is 31.2 Å². The van der Waals surface area contributed by atoms with Crippen molar-refractivity contribution in [1.29, 1.82) is 0 Å². The van der Waals surface area contributed by atoms with Gasteiger partial charge in [-0.2, -0.15) is 0 Å². The highest BCUT2D eigenvalue weighted by molar-refractivity contribution is 7.92. The number of fused-ring (bicyclic) bond motifs is 1. The van der Waals surface area contributed by atoms with Gasteiger partial charge in [0.1, 0.15) is 5.52 Å². The minimum atomic E-state index is -4.17. The number of benzene rings is 2. The Morgan fingerprint density at radius 3 is 2.22 bits per heavy atom. The number of aromatic nitrogens is 1. The second-order valence-corrected chi connectivity index (χ2v) is 7.30. The summed E-state index contributed by atoms with van der Waals surface area (Å²) in [6.07, 6.45) is 1.26. The first kappa shape index (κ1) is 18.2. The fraction of sp³-hybridized carbons (Fsp3) is 0.0625. The van der Waals surface area contributed by atoms with E-state index in [9.17, 15) is 28.6 Å². The number of nitro groups is 2. The van der Waals surface area contributed by atoms with Crippen molar-refractivity contribution in [2.75, 3.05) is 4.72 Å². The van der Waals surface area contributed by atoms with E-state index < -0.39 is 36.9 Å². The predicted molar refractivity (Wildman–Crippen MR) is 97.0 cm³/mol. The van der Waals surface area contributed by atoms with E-state index >= 15 is 0 Å². The number of anilines is 1. The average molecular weight is 388 g/mol. The standard InChI is InChI=1S/C16H12N4O6S/c1-10-4-6-11(7-5-10)27(25,26)18-16-14(20(23)24)9-13(19(21)22)12-3-2-8-17-15(12)16/h2-9,18H,1H3. The number of aryl methyl sites for hydroxylation is 1. The van der Waals surface area contributed by atoms with Crippen LogP contribution in [-0.4, -0.2) is 23.2 Å². The highest BCUT2D eigenvalue weighted by atomic mass is 32.2. The van der Waals surface area contributed by atoms with Gasteiger partial charge in [-0.25, -0.2) is 8.42 Å². The van der Waals surface area contributed by atoms with Gasteiger partial charge >= 0.3 is 5.69 Å². The molecule has 0 aliphatic carbocycles. The summed E-state index contributed by atoms with van der Waals surface area (Å²) < 4.78 is 27.5. The van der Waals surface area contributed by atoms with E-state index in [0.29, 0.717) is 0 Å². The number of non-ortho nitro benzene ring substituents is 1. The highest BCUT2D eigenvalue weighted by Gasteiger charge is 2.29. The summed E-state index contributed by atoms with van der Waals surface area (Å²) in [5, 5.41) is 22.7. The van der Waals surface area contributed by atoms with E-state index in [1.54, 1.807) is 19.1 Å². The molecular weight excluding hydrogens is 376 g/mol. The van der Waals surface area contributed by atoms with E-state index in [-0.39, 0.29) is 15.8 Å². The molecule has 0 aliphatic heterocycles. The van der Waals surface area contributed by atoms with Gasteiger partial charge in [0, 0.05) is 6.20 Å². The fourth-order valence-corrected chi connectivity index (χ4v) is 3.60. The molecule has 1 N–H and O–H groups in total. The molecule has 10 nitrogen and oxygen atoms in total. The van der Waals surface area contributed by atoms with Crippen molar-refractivity contribution >= 4 is 38.0 Å². The van der Waals surface area contributed by atoms with Crippen molar-refractivity contribution < 1.29 is 18.3 Å². The number of sulfonamides is 1. The van der Waals surface area contributed by atoms with E-state index in [4.69, 9.17) is 0 Å². The van der Waals surface area contributed by atoms with Gasteiger partial charge in [0.05, 0.1) is 26.2 Å². The quantitative estimate of drug-likeness (QED) is 0.522. The van der Waals surface area contributed by atoms with Crippen LogP contribution in [0.1, 0.15) is 5.56 Å². The van der Waals surface area contributed by atoms with Gasteiger partial charge < -0.3 is 0 Å². The second kappa shape index (κ2) is 6.61. The predicted octanol–water partition coefficient (Wildman–Crippen LogP) is 3.16. The maximum Gasteiger partial charge on any atom is 0.302 e. The molecule has 0 unspecified atom stereocenters. The first-order chi connectivity index (χ1) is 12.7. The van der Waals surface area contributed by atoms with Gasteiger partial charge in [-0.1, -0.05) is 17.7 Å². The van der Waals surface area contributed by atoms with Crippen LogP contribution in [0.3, 0.4) is 0 Å². The highest BCUT2D eigenvalue weighted by Crippen LogP contribution is 2.39. The Labute approximate surface area is 152 Å². The van der Waals surface area contributed by atoms with Crippen molar-refractivity contribution in [2.24, 2.45) is 0 Å². The Balaban J connectivity index is 2.26. The SMILES string of the molecule is Cc1ccc(S(=O)(=O)Nc2c([N+](=O)[O-])cc([N+](=O)[O-])c3cccnc23)cc1. The Morgan fingerprint density at radius 2 is 1.63 bits per heavy atom. The summed E-state index contributed by atoms with van der Waals surface area (Å²) in [6.45, 7) is 1.78. The van der Waals surface area contributed by atoms with Crippen LogP contribution >= 0.6 is 0 Å². The molecule has 0 atom stereocenters. The fourth-order valence-electron chi connectivity index (χ4n) is 2.52. The maximum absolute atomic E-state index is 12.7. The van der Waals surface area contributed by atoms with Crippen LogP contribution in [0.4, 0.5) is 17.1 Å². The second-order valence-electron chi connectivity index (χ2n) is 5.62. The zero-order chi connectivity index (χ0) is 19.8. The Kier molecular flexibility index (Phi) is 4.45. The van der Waals surface area contributed by atoms with Crippen LogP contribution in [0, 0.1) is 27.2 Å². The Hall–Kier alpha value is -3.60. The summed E-state index contributed by atoms with van der Waals surface area (Å²) >= 11 is 0. The molecule has 3 aromatic rings. The van der Waals surface area contributed by atoms with Crippen molar-refractivity contribution in [3.8, 4) is 0 Å². The summed E-state index contributed by atoms with van der Waals surface area (Å²) in [4.78, 5) is 24.8. The topological polar surface area (TPSA) is 145 Å². The van der Waals surface area contributed by atoms with Crippen LogP contribution in [0.25, 0.3) is 10.9 Å². The summed E-state index contributed by atoms with van der Waals surface area (Å²) in [7, 11) is -4.17. The van der Waals surface area contributed by atoms with Crippen LogP contribution in [0.15, 0.2) is 53.6 Å². The van der Waals surface area contributed by atoms with Gasteiger partial charge in [0.25, 0.3) is 15.7 Å². The first-order valence-corrected chi connectivity index (χ1v) is 8.99. The summed E-state index contributed by atoms with van der Waals surface area (Å²) in [6, 6.07) is 9.34. The third-order valence-electron chi connectivity index (χ3n) is 3.81. The molecule has 0 saturated heterocycles. The molecule has 0 spiro atoms. The van der Waals surface area contributed by atoms with Crippen LogP contribution < -0.4 is 4.72 Å². The smallest absolute Gasteiger partial charge is 0.271 e. The normalized spacial score (nSPS) is 11.3. The molecule has 0 bridgehead atoms.